The summed E-state index contributed by atoms with van der Waals surface area (Å²) in [4.78, 5) is 12.3. The van der Waals surface area contributed by atoms with E-state index >= 15 is 0 Å². The number of carbonyl (C=O) groups excluding carboxylic acids is 1. The molecule has 0 bridgehead atoms. The van der Waals surface area contributed by atoms with Gasteiger partial charge in [-0.25, -0.2) is 5.43 Å². The molecule has 1 amide bonds. The molecule has 2 aliphatic rings. The molecule has 1 heterocycles. The molecule has 1 fully saturated rings. The van der Waals surface area contributed by atoms with Gasteiger partial charge in [-0.2, -0.15) is 5.10 Å². The Morgan fingerprint density at radius 3 is 2.78 bits per heavy atom. The van der Waals surface area contributed by atoms with E-state index < -0.39 is 6.10 Å². The summed E-state index contributed by atoms with van der Waals surface area (Å²) >= 11 is 0. The number of ether oxygens (including phenoxy) is 2. The number of hydrazone groups is 1. The van der Waals surface area contributed by atoms with Gasteiger partial charge in [-0.3, -0.25) is 4.79 Å². The zero-order valence-corrected chi connectivity index (χ0v) is 14.0. The third kappa shape index (κ3) is 3.84. The first-order valence-corrected chi connectivity index (χ1v) is 8.17. The smallest absolute Gasteiger partial charge is 0.284 e. The van der Waals surface area contributed by atoms with Crippen LogP contribution in [0.5, 0.6) is 11.5 Å². The number of hydrogen-bond donors (Lipinski definition) is 1. The van der Waals surface area contributed by atoms with E-state index in [0.717, 1.165) is 18.6 Å². The second kappa shape index (κ2) is 6.22. The van der Waals surface area contributed by atoms with Crippen LogP contribution in [0.1, 0.15) is 40.0 Å². The lowest BCUT2D eigenvalue weighted by Crippen LogP contribution is -2.43. The summed E-state index contributed by atoms with van der Waals surface area (Å²) in [6, 6.07) is 7.36. The Morgan fingerprint density at radius 2 is 2.04 bits per heavy atom. The number of hydrogen-bond acceptors (Lipinski definition) is 4. The number of rotatable bonds is 2. The number of para-hydroxylation sites is 2. The van der Waals surface area contributed by atoms with Crippen molar-refractivity contribution in [3.05, 3.63) is 24.3 Å². The summed E-state index contributed by atoms with van der Waals surface area (Å²) in [6.45, 7) is 6.92. The van der Waals surface area contributed by atoms with Gasteiger partial charge in [0.15, 0.2) is 11.5 Å². The molecule has 0 radical (unpaired) electrons. The first kappa shape index (κ1) is 15.8. The van der Waals surface area contributed by atoms with Gasteiger partial charge in [-0.15, -0.1) is 0 Å². The fourth-order valence-corrected chi connectivity index (χ4v) is 3.55. The monoisotopic (exact) mass is 316 g/mol. The standard InChI is InChI=1S/C18H24N2O3/c1-12-8-13(10-18(2,3)9-12)19-20-17(21)16-11-22-14-6-4-5-7-15(14)23-16/h4-7,12,16H,8-11H2,1-3H3,(H,20,21)/b19-13-/t12-,16-/m0/s1. The highest BCUT2D eigenvalue weighted by molar-refractivity contribution is 5.88. The minimum atomic E-state index is -0.664. The summed E-state index contributed by atoms with van der Waals surface area (Å²) in [5.74, 6) is 1.60. The second-order valence-corrected chi connectivity index (χ2v) is 7.37. The highest BCUT2D eigenvalue weighted by Crippen LogP contribution is 2.37. The molecule has 1 aliphatic heterocycles. The summed E-state index contributed by atoms with van der Waals surface area (Å²) in [7, 11) is 0. The van der Waals surface area contributed by atoms with Crippen molar-refractivity contribution in [1.29, 1.82) is 0 Å². The predicted molar refractivity (Wildman–Crippen MR) is 88.7 cm³/mol. The Hall–Kier alpha value is -2.04. The minimum Gasteiger partial charge on any atom is -0.485 e. The van der Waals surface area contributed by atoms with Gasteiger partial charge < -0.3 is 9.47 Å². The molecule has 2 atom stereocenters. The van der Waals surface area contributed by atoms with Crippen molar-refractivity contribution in [3.63, 3.8) is 0 Å². The summed E-state index contributed by atoms with van der Waals surface area (Å²) in [5.41, 5.74) is 3.95. The normalized spacial score (nSPS) is 27.5. The molecule has 124 valence electrons. The van der Waals surface area contributed by atoms with Gasteiger partial charge in [0.2, 0.25) is 6.10 Å². The number of nitrogens with one attached hydrogen (secondary N) is 1. The molecule has 1 aliphatic carbocycles. The zero-order valence-electron chi connectivity index (χ0n) is 14.0. The highest BCUT2D eigenvalue weighted by Gasteiger charge is 2.31. The lowest BCUT2D eigenvalue weighted by molar-refractivity contribution is -0.130. The lowest BCUT2D eigenvalue weighted by atomic mass is 9.72. The Morgan fingerprint density at radius 1 is 1.30 bits per heavy atom. The van der Waals surface area contributed by atoms with Gasteiger partial charge >= 0.3 is 0 Å². The Labute approximate surface area is 137 Å². The Kier molecular flexibility index (Phi) is 4.28. The van der Waals surface area contributed by atoms with Crippen LogP contribution in [-0.4, -0.2) is 24.3 Å². The highest BCUT2D eigenvalue weighted by atomic mass is 16.6. The fourth-order valence-electron chi connectivity index (χ4n) is 3.55. The Balaban J connectivity index is 1.61. The molecule has 0 saturated heterocycles. The third-order valence-corrected chi connectivity index (χ3v) is 4.29. The lowest BCUT2D eigenvalue weighted by Gasteiger charge is -2.34. The maximum Gasteiger partial charge on any atom is 0.284 e. The van der Waals surface area contributed by atoms with Crippen LogP contribution in [-0.2, 0) is 4.79 Å². The van der Waals surface area contributed by atoms with Gasteiger partial charge in [0.25, 0.3) is 5.91 Å². The number of benzene rings is 1. The maximum atomic E-state index is 12.3. The first-order valence-electron chi connectivity index (χ1n) is 8.17. The summed E-state index contributed by atoms with van der Waals surface area (Å²) in [5, 5.41) is 4.34. The predicted octanol–water partition coefficient (Wildman–Crippen LogP) is 3.14. The van der Waals surface area contributed by atoms with E-state index in [1.54, 1.807) is 6.07 Å². The van der Waals surface area contributed by atoms with E-state index in [1.807, 2.05) is 18.2 Å². The largest absolute Gasteiger partial charge is 0.485 e. The number of fused-ring (bicyclic) bond motifs is 1. The molecule has 1 N–H and O–H groups in total. The van der Waals surface area contributed by atoms with Crippen LogP contribution in [0.2, 0.25) is 0 Å². The number of nitrogens with zero attached hydrogens (tertiary/aromatic N) is 1. The molecule has 1 saturated carbocycles. The summed E-state index contributed by atoms with van der Waals surface area (Å²) in [6.07, 6.45) is 2.39. The minimum absolute atomic E-state index is 0.204. The van der Waals surface area contributed by atoms with Crippen LogP contribution in [0.15, 0.2) is 29.4 Å². The fraction of sp³-hybridized carbons (Fsp3) is 0.556. The van der Waals surface area contributed by atoms with E-state index in [1.165, 1.54) is 6.42 Å². The Bertz CT molecular complexity index is 624. The molecule has 0 aromatic heterocycles. The molecule has 3 rings (SSSR count). The average molecular weight is 316 g/mol. The van der Waals surface area contributed by atoms with Gasteiger partial charge in [-0.05, 0) is 42.7 Å². The van der Waals surface area contributed by atoms with Crippen molar-refractivity contribution in [1.82, 2.24) is 5.43 Å². The van der Waals surface area contributed by atoms with Crippen LogP contribution >= 0.6 is 0 Å². The van der Waals surface area contributed by atoms with Crippen LogP contribution in [0.3, 0.4) is 0 Å². The maximum absolute atomic E-state index is 12.3. The molecule has 0 unspecified atom stereocenters. The third-order valence-electron chi connectivity index (χ3n) is 4.29. The van der Waals surface area contributed by atoms with Crippen molar-refractivity contribution in [2.45, 2.75) is 46.1 Å². The van der Waals surface area contributed by atoms with E-state index in [4.69, 9.17) is 9.47 Å². The van der Waals surface area contributed by atoms with Crippen LogP contribution in [0, 0.1) is 11.3 Å². The molecular weight excluding hydrogens is 292 g/mol. The van der Waals surface area contributed by atoms with Gasteiger partial charge in [0.05, 0.1) is 0 Å². The van der Waals surface area contributed by atoms with Gasteiger partial charge in [-0.1, -0.05) is 32.9 Å². The molecule has 0 spiro atoms. The topological polar surface area (TPSA) is 59.9 Å². The van der Waals surface area contributed by atoms with Crippen molar-refractivity contribution >= 4 is 11.6 Å². The van der Waals surface area contributed by atoms with E-state index in [-0.39, 0.29) is 17.9 Å². The van der Waals surface area contributed by atoms with E-state index in [0.29, 0.717) is 17.4 Å². The van der Waals surface area contributed by atoms with Crippen LogP contribution < -0.4 is 14.9 Å². The molecule has 1 aromatic rings. The molecule has 1 aromatic carbocycles. The molecule has 5 nitrogen and oxygen atoms in total. The van der Waals surface area contributed by atoms with Crippen LogP contribution in [0.25, 0.3) is 0 Å². The second-order valence-electron chi connectivity index (χ2n) is 7.37. The quantitative estimate of drug-likeness (QED) is 0.853. The van der Waals surface area contributed by atoms with Gasteiger partial charge in [0, 0.05) is 5.71 Å². The van der Waals surface area contributed by atoms with Gasteiger partial charge in [0.1, 0.15) is 6.61 Å². The first-order chi connectivity index (χ1) is 10.9. The van der Waals surface area contributed by atoms with E-state index in [9.17, 15) is 4.79 Å². The zero-order chi connectivity index (χ0) is 16.4. The van der Waals surface area contributed by atoms with Crippen molar-refractivity contribution < 1.29 is 14.3 Å². The number of amides is 1. The molecular formula is C18H24N2O3. The van der Waals surface area contributed by atoms with Crippen LogP contribution in [0.4, 0.5) is 0 Å². The summed E-state index contributed by atoms with van der Waals surface area (Å²) < 4.78 is 11.3. The van der Waals surface area contributed by atoms with Crippen molar-refractivity contribution in [2.75, 3.05) is 6.61 Å². The molecule has 23 heavy (non-hydrogen) atoms. The van der Waals surface area contributed by atoms with E-state index in [2.05, 4.69) is 31.3 Å². The van der Waals surface area contributed by atoms with Crippen molar-refractivity contribution in [3.8, 4) is 11.5 Å². The van der Waals surface area contributed by atoms with Crippen molar-refractivity contribution in [2.24, 2.45) is 16.4 Å². The SMILES string of the molecule is C[C@H]1C/C(=N/NC(=O)[C@@H]2COc3ccccc3O2)CC(C)(C)C1. The average Bonchev–Trinajstić information content (AvgIpc) is 2.50. The number of carbonyl (C=O) groups is 1. The molecule has 5 heteroatoms.